The van der Waals surface area contributed by atoms with Crippen LogP contribution in [0.2, 0.25) is 0 Å². The quantitative estimate of drug-likeness (QED) is 0.161. The van der Waals surface area contributed by atoms with Gasteiger partial charge in [0.2, 0.25) is 5.91 Å². The van der Waals surface area contributed by atoms with Gasteiger partial charge in [-0.05, 0) is 25.7 Å². The zero-order valence-corrected chi connectivity index (χ0v) is 19.8. The van der Waals surface area contributed by atoms with Crippen molar-refractivity contribution in [2.24, 2.45) is 5.92 Å². The van der Waals surface area contributed by atoms with E-state index in [1.807, 2.05) is 0 Å². The molecule has 31 heavy (non-hydrogen) atoms. The van der Waals surface area contributed by atoms with Crippen molar-refractivity contribution in [2.45, 2.75) is 129 Å². The lowest BCUT2D eigenvalue weighted by molar-refractivity contribution is -0.141. The molecular formula is C25H47NO5. The van der Waals surface area contributed by atoms with Crippen LogP contribution < -0.4 is 5.32 Å². The van der Waals surface area contributed by atoms with Gasteiger partial charge in [-0.15, -0.1) is 0 Å². The van der Waals surface area contributed by atoms with Gasteiger partial charge in [0.15, 0.2) is 0 Å². The third-order valence-electron chi connectivity index (χ3n) is 5.85. The summed E-state index contributed by atoms with van der Waals surface area (Å²) in [6.07, 6.45) is 19.8. The summed E-state index contributed by atoms with van der Waals surface area (Å²) in [6, 6.07) is 0. The number of aliphatic carboxylic acids is 2. The van der Waals surface area contributed by atoms with Gasteiger partial charge < -0.3 is 15.5 Å². The standard InChI is InChI=1S/C25H47NO5/c1-22(25(30)31)18-16-17-21-26-23(27)19-14-12-10-8-6-4-2-3-5-7-9-11-13-15-20-24(28)29/h22H,2-21H2,1H3,(H,26,27)(H,28,29)(H,30,31)/t22-/m0/s1. The van der Waals surface area contributed by atoms with Crippen LogP contribution in [0.15, 0.2) is 0 Å². The maximum Gasteiger partial charge on any atom is 0.306 e. The number of amides is 1. The molecule has 0 aliphatic rings. The Bertz CT molecular complexity index is 467. The highest BCUT2D eigenvalue weighted by atomic mass is 16.4. The molecule has 0 aromatic heterocycles. The van der Waals surface area contributed by atoms with Crippen LogP contribution in [0.5, 0.6) is 0 Å². The number of hydrogen-bond donors (Lipinski definition) is 3. The number of nitrogens with one attached hydrogen (secondary N) is 1. The summed E-state index contributed by atoms with van der Waals surface area (Å²) in [7, 11) is 0. The summed E-state index contributed by atoms with van der Waals surface area (Å²) < 4.78 is 0. The lowest BCUT2D eigenvalue weighted by Crippen LogP contribution is -2.24. The Kier molecular flexibility index (Phi) is 20.5. The molecule has 0 saturated heterocycles. The molecule has 0 radical (unpaired) electrons. The molecular weight excluding hydrogens is 394 g/mol. The fourth-order valence-electron chi connectivity index (χ4n) is 3.70. The molecule has 6 nitrogen and oxygen atoms in total. The Balaban J connectivity index is 3.21. The minimum Gasteiger partial charge on any atom is -0.481 e. The summed E-state index contributed by atoms with van der Waals surface area (Å²) in [5.41, 5.74) is 0. The van der Waals surface area contributed by atoms with E-state index >= 15 is 0 Å². The van der Waals surface area contributed by atoms with Crippen LogP contribution in [0.25, 0.3) is 0 Å². The molecule has 0 saturated carbocycles. The average Bonchev–Trinajstić information content (AvgIpc) is 2.72. The Morgan fingerprint density at radius 2 is 1.03 bits per heavy atom. The second-order valence-corrected chi connectivity index (χ2v) is 8.93. The Hall–Kier alpha value is -1.59. The van der Waals surface area contributed by atoms with Crippen LogP contribution in [0.3, 0.4) is 0 Å². The minimum atomic E-state index is -0.748. The normalized spacial score (nSPS) is 11.9. The molecule has 3 N–H and O–H groups in total. The van der Waals surface area contributed by atoms with Gasteiger partial charge in [0, 0.05) is 19.4 Å². The van der Waals surface area contributed by atoms with Crippen molar-refractivity contribution >= 4 is 17.8 Å². The first-order chi connectivity index (χ1) is 14.9. The van der Waals surface area contributed by atoms with E-state index in [0.717, 1.165) is 44.9 Å². The van der Waals surface area contributed by atoms with E-state index in [-0.39, 0.29) is 11.8 Å². The lowest BCUT2D eigenvalue weighted by atomic mass is 10.0. The molecule has 0 bridgehead atoms. The maximum absolute atomic E-state index is 11.8. The Labute approximate surface area is 189 Å². The smallest absolute Gasteiger partial charge is 0.306 e. The van der Waals surface area contributed by atoms with E-state index in [2.05, 4.69) is 5.32 Å². The molecule has 6 heteroatoms. The SMILES string of the molecule is C[C@@H](CCCCNC(=O)CCCCCCCCCCCCCCCCC(=O)O)C(=O)O. The molecule has 0 heterocycles. The van der Waals surface area contributed by atoms with Crippen molar-refractivity contribution in [1.82, 2.24) is 5.32 Å². The number of rotatable bonds is 23. The van der Waals surface area contributed by atoms with E-state index in [1.165, 1.54) is 57.8 Å². The molecule has 0 fully saturated rings. The van der Waals surface area contributed by atoms with Crippen LogP contribution >= 0.6 is 0 Å². The van der Waals surface area contributed by atoms with Crippen LogP contribution in [-0.4, -0.2) is 34.6 Å². The maximum atomic E-state index is 11.8. The third kappa shape index (κ3) is 22.9. The number of carboxylic acid groups (broad SMARTS) is 2. The molecule has 0 aromatic rings. The van der Waals surface area contributed by atoms with E-state index < -0.39 is 11.9 Å². The van der Waals surface area contributed by atoms with Gasteiger partial charge in [-0.25, -0.2) is 0 Å². The van der Waals surface area contributed by atoms with Crippen molar-refractivity contribution in [3.8, 4) is 0 Å². The molecule has 0 aliphatic heterocycles. The first-order valence-corrected chi connectivity index (χ1v) is 12.6. The predicted octanol–water partition coefficient (Wildman–Crippen LogP) is 6.32. The predicted molar refractivity (Wildman–Crippen MR) is 125 cm³/mol. The third-order valence-corrected chi connectivity index (χ3v) is 5.85. The minimum absolute atomic E-state index is 0.119. The summed E-state index contributed by atoms with van der Waals surface area (Å²) >= 11 is 0. The van der Waals surface area contributed by atoms with Gasteiger partial charge in [0.05, 0.1) is 5.92 Å². The number of hydrogen-bond acceptors (Lipinski definition) is 3. The lowest BCUT2D eigenvalue weighted by Gasteiger charge is -2.07. The summed E-state index contributed by atoms with van der Waals surface area (Å²) in [4.78, 5) is 32.9. The number of carbonyl (C=O) groups is 3. The summed E-state index contributed by atoms with van der Waals surface area (Å²) in [5.74, 6) is -1.61. The van der Waals surface area contributed by atoms with Gasteiger partial charge in [0.25, 0.3) is 0 Å². The summed E-state index contributed by atoms with van der Waals surface area (Å²) in [5, 5.41) is 20.3. The monoisotopic (exact) mass is 441 g/mol. The van der Waals surface area contributed by atoms with Gasteiger partial charge in [-0.2, -0.15) is 0 Å². The number of carboxylic acids is 2. The highest BCUT2D eigenvalue weighted by Gasteiger charge is 2.09. The molecule has 0 unspecified atom stereocenters. The van der Waals surface area contributed by atoms with Crippen LogP contribution in [0.1, 0.15) is 129 Å². The van der Waals surface area contributed by atoms with Crippen LogP contribution in [0, 0.1) is 5.92 Å². The average molecular weight is 442 g/mol. The second kappa shape index (κ2) is 21.6. The van der Waals surface area contributed by atoms with Crippen LogP contribution in [-0.2, 0) is 14.4 Å². The molecule has 1 amide bonds. The number of unbranched alkanes of at least 4 members (excludes halogenated alkanes) is 14. The fourth-order valence-corrected chi connectivity index (χ4v) is 3.70. The molecule has 0 aliphatic carbocycles. The van der Waals surface area contributed by atoms with Gasteiger partial charge in [-0.3, -0.25) is 14.4 Å². The molecule has 182 valence electrons. The first-order valence-electron chi connectivity index (χ1n) is 12.6. The van der Waals surface area contributed by atoms with Crippen molar-refractivity contribution in [1.29, 1.82) is 0 Å². The first kappa shape index (κ1) is 29.4. The summed E-state index contributed by atoms with van der Waals surface area (Å²) in [6.45, 7) is 2.37. The van der Waals surface area contributed by atoms with Gasteiger partial charge >= 0.3 is 11.9 Å². The fraction of sp³-hybridized carbons (Fsp3) is 0.880. The topological polar surface area (TPSA) is 104 Å². The Morgan fingerprint density at radius 3 is 1.45 bits per heavy atom. The molecule has 0 rings (SSSR count). The van der Waals surface area contributed by atoms with Gasteiger partial charge in [-0.1, -0.05) is 90.4 Å². The van der Waals surface area contributed by atoms with E-state index in [0.29, 0.717) is 25.8 Å². The van der Waals surface area contributed by atoms with Gasteiger partial charge in [0.1, 0.15) is 0 Å². The van der Waals surface area contributed by atoms with E-state index in [4.69, 9.17) is 10.2 Å². The van der Waals surface area contributed by atoms with Crippen molar-refractivity contribution in [2.75, 3.05) is 6.54 Å². The Morgan fingerprint density at radius 1 is 0.613 bits per heavy atom. The zero-order chi connectivity index (χ0) is 23.2. The highest BCUT2D eigenvalue weighted by molar-refractivity contribution is 5.75. The highest BCUT2D eigenvalue weighted by Crippen LogP contribution is 2.14. The van der Waals surface area contributed by atoms with Crippen LogP contribution in [0.4, 0.5) is 0 Å². The van der Waals surface area contributed by atoms with E-state index in [1.54, 1.807) is 6.92 Å². The number of carbonyl (C=O) groups excluding carboxylic acids is 1. The van der Waals surface area contributed by atoms with Crippen molar-refractivity contribution in [3.05, 3.63) is 0 Å². The molecule has 0 aromatic carbocycles. The molecule has 0 spiro atoms. The van der Waals surface area contributed by atoms with E-state index in [9.17, 15) is 14.4 Å². The largest absolute Gasteiger partial charge is 0.481 e. The van der Waals surface area contributed by atoms with Crippen molar-refractivity contribution < 1.29 is 24.6 Å². The second-order valence-electron chi connectivity index (χ2n) is 8.93. The molecule has 1 atom stereocenters. The van der Waals surface area contributed by atoms with Crippen molar-refractivity contribution in [3.63, 3.8) is 0 Å². The zero-order valence-electron chi connectivity index (χ0n) is 19.8.